The van der Waals surface area contributed by atoms with Crippen molar-refractivity contribution in [1.29, 1.82) is 0 Å². The third-order valence-corrected chi connectivity index (χ3v) is 3.46. The van der Waals surface area contributed by atoms with Gasteiger partial charge in [-0.15, -0.1) is 0 Å². The van der Waals surface area contributed by atoms with Crippen LogP contribution in [0.15, 0.2) is 29.7 Å². The normalized spacial score (nSPS) is 11.2. The van der Waals surface area contributed by atoms with Gasteiger partial charge in [-0.3, -0.25) is 9.40 Å². The first kappa shape index (κ1) is 12.3. The van der Waals surface area contributed by atoms with Crippen molar-refractivity contribution >= 4 is 21.7 Å². The minimum Gasteiger partial charge on any atom is -0.357 e. The highest BCUT2D eigenvalue weighted by atomic mass is 32.2. The molecule has 0 saturated heterocycles. The van der Waals surface area contributed by atoms with Crippen molar-refractivity contribution in [3.8, 4) is 0 Å². The van der Waals surface area contributed by atoms with E-state index in [0.717, 1.165) is 0 Å². The second-order valence-electron chi connectivity index (χ2n) is 3.50. The van der Waals surface area contributed by atoms with Crippen LogP contribution in [0.4, 0.5) is 11.6 Å². The molecule has 0 saturated carbocycles. The van der Waals surface area contributed by atoms with Gasteiger partial charge in [-0.2, -0.15) is 5.10 Å². The molecule has 0 fully saturated rings. The average molecular weight is 268 g/mol. The largest absolute Gasteiger partial charge is 0.357 e. The lowest BCUT2D eigenvalue weighted by molar-refractivity contribution is 0.600. The minimum absolute atomic E-state index is 0.00893. The van der Waals surface area contributed by atoms with Gasteiger partial charge in [-0.25, -0.2) is 18.4 Å². The molecule has 0 spiro atoms. The van der Waals surface area contributed by atoms with E-state index in [2.05, 4.69) is 25.1 Å². The highest BCUT2D eigenvalue weighted by Crippen LogP contribution is 2.13. The Morgan fingerprint density at radius 3 is 2.39 bits per heavy atom. The summed E-state index contributed by atoms with van der Waals surface area (Å²) in [6.07, 6.45) is 5.44. The van der Waals surface area contributed by atoms with Gasteiger partial charge in [0.2, 0.25) is 5.95 Å². The number of nitrogens with zero attached hydrogens (tertiary/aromatic N) is 4. The molecule has 18 heavy (non-hydrogen) atoms. The van der Waals surface area contributed by atoms with Crippen LogP contribution >= 0.6 is 0 Å². The van der Waals surface area contributed by atoms with E-state index < -0.39 is 10.0 Å². The molecule has 0 aliphatic heterocycles. The van der Waals surface area contributed by atoms with Crippen LogP contribution < -0.4 is 10.0 Å². The summed E-state index contributed by atoms with van der Waals surface area (Å²) in [5.74, 6) is 0.357. The first-order valence-corrected chi connectivity index (χ1v) is 6.51. The molecular formula is C9H12N6O2S. The Hall–Kier alpha value is -2.16. The van der Waals surface area contributed by atoms with Crippen LogP contribution in [-0.2, 0) is 17.1 Å². The van der Waals surface area contributed by atoms with Crippen molar-refractivity contribution in [2.24, 2.45) is 7.05 Å². The van der Waals surface area contributed by atoms with Crippen LogP contribution in [0.2, 0.25) is 0 Å². The number of anilines is 2. The van der Waals surface area contributed by atoms with Crippen LogP contribution in [0.1, 0.15) is 0 Å². The number of nitrogens with one attached hydrogen (secondary N) is 2. The Kier molecular flexibility index (Phi) is 3.15. The lowest BCUT2D eigenvalue weighted by atomic mass is 10.6. The van der Waals surface area contributed by atoms with E-state index in [-0.39, 0.29) is 4.90 Å². The summed E-state index contributed by atoms with van der Waals surface area (Å²) in [6.45, 7) is 0. The topological polar surface area (TPSA) is 102 Å². The van der Waals surface area contributed by atoms with E-state index in [1.165, 1.54) is 23.3 Å². The quantitative estimate of drug-likeness (QED) is 0.812. The molecule has 96 valence electrons. The van der Waals surface area contributed by atoms with E-state index in [1.54, 1.807) is 20.3 Å². The summed E-state index contributed by atoms with van der Waals surface area (Å²) in [5.41, 5.74) is 0.384. The van der Waals surface area contributed by atoms with Gasteiger partial charge in [0.15, 0.2) is 0 Å². The molecule has 8 nitrogen and oxygen atoms in total. The second kappa shape index (κ2) is 4.61. The van der Waals surface area contributed by atoms with Crippen molar-refractivity contribution in [3.05, 3.63) is 24.8 Å². The summed E-state index contributed by atoms with van der Waals surface area (Å²) >= 11 is 0. The molecule has 2 N–H and O–H groups in total. The molecule has 0 unspecified atom stereocenters. The third kappa shape index (κ3) is 2.56. The monoisotopic (exact) mass is 268 g/mol. The van der Waals surface area contributed by atoms with Crippen molar-refractivity contribution in [1.82, 2.24) is 19.7 Å². The Morgan fingerprint density at radius 1 is 1.22 bits per heavy atom. The van der Waals surface area contributed by atoms with Gasteiger partial charge in [0.05, 0.1) is 24.3 Å². The maximum absolute atomic E-state index is 12.0. The number of sulfonamides is 1. The van der Waals surface area contributed by atoms with Crippen molar-refractivity contribution in [2.45, 2.75) is 4.90 Å². The SMILES string of the molecule is CNc1ncc(S(=O)(=O)Nc2cnn(C)c2)cn1. The fourth-order valence-corrected chi connectivity index (χ4v) is 2.19. The smallest absolute Gasteiger partial charge is 0.265 e. The fourth-order valence-electron chi connectivity index (χ4n) is 1.27. The lowest BCUT2D eigenvalue weighted by Gasteiger charge is -2.05. The first-order valence-electron chi connectivity index (χ1n) is 5.02. The number of hydrogen-bond acceptors (Lipinski definition) is 6. The Morgan fingerprint density at radius 2 is 1.89 bits per heavy atom. The number of aromatic nitrogens is 4. The van der Waals surface area contributed by atoms with Crippen LogP contribution in [0, 0.1) is 0 Å². The summed E-state index contributed by atoms with van der Waals surface area (Å²) in [5, 5.41) is 6.58. The highest BCUT2D eigenvalue weighted by molar-refractivity contribution is 7.92. The maximum atomic E-state index is 12.0. The van der Waals surface area contributed by atoms with E-state index in [9.17, 15) is 8.42 Å². The van der Waals surface area contributed by atoms with Gasteiger partial charge in [-0.1, -0.05) is 0 Å². The Labute approximate surface area is 104 Å². The molecule has 2 rings (SSSR count). The number of rotatable bonds is 4. The first-order chi connectivity index (χ1) is 8.51. The maximum Gasteiger partial charge on any atom is 0.265 e. The van der Waals surface area contributed by atoms with Gasteiger partial charge >= 0.3 is 0 Å². The zero-order chi connectivity index (χ0) is 13.2. The van der Waals surface area contributed by atoms with E-state index >= 15 is 0 Å². The number of aryl methyl sites for hydroxylation is 1. The van der Waals surface area contributed by atoms with Crippen LogP contribution in [0.25, 0.3) is 0 Å². The molecule has 0 aliphatic carbocycles. The zero-order valence-corrected chi connectivity index (χ0v) is 10.6. The Balaban J connectivity index is 2.24. The van der Waals surface area contributed by atoms with E-state index in [1.807, 2.05) is 0 Å². The zero-order valence-electron chi connectivity index (χ0n) is 9.82. The third-order valence-electron chi connectivity index (χ3n) is 2.12. The predicted octanol–water partition coefficient (Wildman–Crippen LogP) is 0.0526. The predicted molar refractivity (Wildman–Crippen MR) is 65.6 cm³/mol. The molecule has 2 aromatic heterocycles. The standard InChI is InChI=1S/C9H12N6O2S/c1-10-9-11-4-8(5-12-9)18(16,17)14-7-3-13-15(2)6-7/h3-6,14H,1-2H3,(H,10,11,12). The average Bonchev–Trinajstić information content (AvgIpc) is 2.74. The molecule has 9 heteroatoms. The summed E-state index contributed by atoms with van der Waals surface area (Å²) in [4.78, 5) is 7.69. The van der Waals surface area contributed by atoms with E-state index in [4.69, 9.17) is 0 Å². The van der Waals surface area contributed by atoms with Gasteiger partial charge in [0.25, 0.3) is 10.0 Å². The van der Waals surface area contributed by atoms with Crippen LogP contribution in [0.3, 0.4) is 0 Å². The minimum atomic E-state index is -3.68. The van der Waals surface area contributed by atoms with Gasteiger partial charge < -0.3 is 5.32 Å². The van der Waals surface area contributed by atoms with Crippen LogP contribution in [-0.4, -0.2) is 35.2 Å². The fraction of sp³-hybridized carbons (Fsp3) is 0.222. The molecule has 0 radical (unpaired) electrons. The Bertz CT molecular complexity index is 633. The lowest BCUT2D eigenvalue weighted by Crippen LogP contribution is -2.13. The van der Waals surface area contributed by atoms with Gasteiger partial charge in [-0.05, 0) is 0 Å². The molecule has 0 aliphatic rings. The molecule has 2 aromatic rings. The molecule has 0 aromatic carbocycles. The van der Waals surface area contributed by atoms with E-state index in [0.29, 0.717) is 11.6 Å². The molecule has 0 amide bonds. The summed E-state index contributed by atoms with van der Waals surface area (Å²) in [6, 6.07) is 0. The molecule has 0 bridgehead atoms. The summed E-state index contributed by atoms with van der Waals surface area (Å²) < 4.78 is 27.8. The van der Waals surface area contributed by atoms with Gasteiger partial charge in [0.1, 0.15) is 4.90 Å². The number of hydrogen-bond donors (Lipinski definition) is 2. The van der Waals surface area contributed by atoms with Crippen molar-refractivity contribution < 1.29 is 8.42 Å². The summed E-state index contributed by atoms with van der Waals surface area (Å²) in [7, 11) is -0.334. The molecular weight excluding hydrogens is 256 g/mol. The molecule has 2 heterocycles. The van der Waals surface area contributed by atoms with Crippen molar-refractivity contribution in [3.63, 3.8) is 0 Å². The second-order valence-corrected chi connectivity index (χ2v) is 5.18. The van der Waals surface area contributed by atoms with Gasteiger partial charge in [0, 0.05) is 20.3 Å². The van der Waals surface area contributed by atoms with Crippen molar-refractivity contribution in [2.75, 3.05) is 17.1 Å². The molecule has 0 atom stereocenters. The van der Waals surface area contributed by atoms with Crippen LogP contribution in [0.5, 0.6) is 0 Å². The highest BCUT2D eigenvalue weighted by Gasteiger charge is 2.16.